The van der Waals surface area contributed by atoms with Gasteiger partial charge in [0.25, 0.3) is 11.8 Å². The molecule has 0 aliphatic heterocycles. The molecule has 2 heterocycles. The van der Waals surface area contributed by atoms with E-state index in [1.165, 1.54) is 0 Å². The lowest BCUT2D eigenvalue weighted by atomic mass is 10.1. The van der Waals surface area contributed by atoms with Crippen molar-refractivity contribution in [3.8, 4) is 69.3 Å². The minimum Gasteiger partial charge on any atom is -0.490 e. The molecule has 0 aliphatic rings. The maximum Gasteiger partial charge on any atom is 0.323 e. The molecule has 0 radical (unpaired) electrons. The summed E-state index contributed by atoms with van der Waals surface area (Å²) in [6.45, 7) is 7.40. The molecule has 6 aromatic rings. The van der Waals surface area contributed by atoms with Crippen LogP contribution in [0.4, 0.5) is 0 Å². The van der Waals surface area contributed by atoms with Crippen molar-refractivity contribution < 1.29 is 37.6 Å². The molecule has 16 heteroatoms. The number of nitrogens with two attached hydrogens (primary N) is 1. The van der Waals surface area contributed by atoms with Crippen LogP contribution in [0.25, 0.3) is 45.7 Å². The van der Waals surface area contributed by atoms with Gasteiger partial charge in [-0.05, 0) is 75.2 Å². The summed E-state index contributed by atoms with van der Waals surface area (Å²) in [7, 11) is 0. The van der Waals surface area contributed by atoms with Gasteiger partial charge in [0.2, 0.25) is 11.6 Å². The van der Waals surface area contributed by atoms with Crippen LogP contribution in [-0.4, -0.2) is 50.5 Å². The Labute approximate surface area is 339 Å². The fraction of sp³-hybridized carbons (Fsp3) is 0.238. The molecule has 2 N–H and O–H groups in total. The number of nitrogens with zero attached hydrogens (tertiary/aromatic N) is 6. The fourth-order valence-electron chi connectivity index (χ4n) is 5.38. The number of nitriles is 2. The van der Waals surface area contributed by atoms with Crippen LogP contribution in [0.15, 0.2) is 94.0 Å². The molecule has 6 rings (SSSR count). The summed E-state index contributed by atoms with van der Waals surface area (Å²) in [4.78, 5) is 34.0. The number of esters is 2. The molecule has 0 spiro atoms. The van der Waals surface area contributed by atoms with Gasteiger partial charge < -0.3 is 33.7 Å². The van der Waals surface area contributed by atoms with Crippen LogP contribution in [0.2, 0.25) is 0 Å². The molecule has 0 bridgehead atoms. The number of rotatable bonds is 15. The lowest BCUT2D eigenvalue weighted by Gasteiger charge is -2.12. The van der Waals surface area contributed by atoms with Crippen LogP contribution >= 0.6 is 12.4 Å². The Bertz CT molecular complexity index is 2450. The average molecular weight is 804 g/mol. The Hall–Kier alpha value is -7.07. The molecule has 58 heavy (non-hydrogen) atoms. The van der Waals surface area contributed by atoms with Crippen molar-refractivity contribution in [3.05, 3.63) is 107 Å². The van der Waals surface area contributed by atoms with E-state index in [4.69, 9.17) is 33.7 Å². The van der Waals surface area contributed by atoms with Gasteiger partial charge in [0.15, 0.2) is 0 Å². The van der Waals surface area contributed by atoms with Crippen LogP contribution in [0.1, 0.15) is 56.4 Å². The molecule has 15 nitrogen and oxygen atoms in total. The molecule has 0 saturated carbocycles. The number of ether oxygens (including phenoxy) is 4. The van der Waals surface area contributed by atoms with E-state index < -0.39 is 18.0 Å². The predicted molar refractivity (Wildman–Crippen MR) is 211 cm³/mol. The number of hydrogen-bond donors (Lipinski definition) is 1. The smallest absolute Gasteiger partial charge is 0.323 e. The molecule has 4 aromatic carbocycles. The SMILES string of the molecule is CC(C)Oc1ccc(-c2nc(-c3ccc(COC(=O)C[C@H](N)C(=O)OCc4ccc(-c5noc(-c6ccc(OC(C)C)c(C#N)c6)n5)cc4)cc3)no2)cc1C#N.Cl. The Morgan fingerprint density at radius 2 is 1.07 bits per heavy atom. The minimum atomic E-state index is -1.22. The van der Waals surface area contributed by atoms with Gasteiger partial charge in [-0.15, -0.1) is 12.4 Å². The second-order valence-electron chi connectivity index (χ2n) is 13.3. The second kappa shape index (κ2) is 19.2. The molecule has 0 saturated heterocycles. The van der Waals surface area contributed by atoms with E-state index in [9.17, 15) is 20.1 Å². The lowest BCUT2D eigenvalue weighted by molar-refractivity contribution is -0.153. The third kappa shape index (κ3) is 10.6. The Kier molecular flexibility index (Phi) is 13.9. The first kappa shape index (κ1) is 42.1. The molecular formula is C42H38ClN7O8. The zero-order valence-corrected chi connectivity index (χ0v) is 32.7. The predicted octanol–water partition coefficient (Wildman–Crippen LogP) is 7.36. The summed E-state index contributed by atoms with van der Waals surface area (Å²) in [6, 6.07) is 27.1. The summed E-state index contributed by atoms with van der Waals surface area (Å²) >= 11 is 0. The third-order valence-electron chi connectivity index (χ3n) is 8.17. The van der Waals surface area contributed by atoms with Gasteiger partial charge in [-0.25, -0.2) is 0 Å². The van der Waals surface area contributed by atoms with E-state index in [-0.39, 0.29) is 56.0 Å². The molecular weight excluding hydrogens is 766 g/mol. The zero-order chi connectivity index (χ0) is 40.5. The largest absolute Gasteiger partial charge is 0.490 e. The highest BCUT2D eigenvalue weighted by atomic mass is 35.5. The lowest BCUT2D eigenvalue weighted by Crippen LogP contribution is -2.35. The number of aromatic nitrogens is 4. The number of hydrogen-bond acceptors (Lipinski definition) is 15. The molecule has 2 aromatic heterocycles. The maximum absolute atomic E-state index is 12.6. The third-order valence-corrected chi connectivity index (χ3v) is 8.17. The summed E-state index contributed by atoms with van der Waals surface area (Å²) in [5.41, 5.74) is 10.5. The van der Waals surface area contributed by atoms with Crippen LogP contribution in [0.3, 0.4) is 0 Å². The monoisotopic (exact) mass is 803 g/mol. The highest BCUT2D eigenvalue weighted by Crippen LogP contribution is 2.30. The van der Waals surface area contributed by atoms with E-state index in [0.717, 1.165) is 0 Å². The number of carbonyl (C=O) groups excluding carboxylic acids is 2. The molecule has 0 aliphatic carbocycles. The first-order chi connectivity index (χ1) is 27.5. The van der Waals surface area contributed by atoms with Gasteiger partial charge in [0, 0.05) is 22.3 Å². The first-order valence-corrected chi connectivity index (χ1v) is 17.9. The van der Waals surface area contributed by atoms with Gasteiger partial charge in [0.1, 0.15) is 42.9 Å². The molecule has 0 amide bonds. The molecule has 0 fully saturated rings. The summed E-state index contributed by atoms with van der Waals surface area (Å²) < 4.78 is 32.9. The highest BCUT2D eigenvalue weighted by molar-refractivity contribution is 5.85. The number of halogens is 1. The Morgan fingerprint density at radius 1 is 0.655 bits per heavy atom. The van der Waals surface area contributed by atoms with E-state index in [0.29, 0.717) is 67.7 Å². The summed E-state index contributed by atoms with van der Waals surface area (Å²) in [5, 5.41) is 27.2. The van der Waals surface area contributed by atoms with Crippen LogP contribution in [-0.2, 0) is 32.3 Å². The van der Waals surface area contributed by atoms with Crippen LogP contribution < -0.4 is 15.2 Å². The van der Waals surface area contributed by atoms with Gasteiger partial charge in [0.05, 0.1) is 29.8 Å². The number of carbonyl (C=O) groups is 2. The highest BCUT2D eigenvalue weighted by Gasteiger charge is 2.21. The van der Waals surface area contributed by atoms with E-state index >= 15 is 0 Å². The topological polar surface area (TPSA) is 222 Å². The van der Waals surface area contributed by atoms with Gasteiger partial charge in [-0.3, -0.25) is 9.59 Å². The van der Waals surface area contributed by atoms with Crippen molar-refractivity contribution in [2.45, 2.75) is 65.6 Å². The Morgan fingerprint density at radius 3 is 1.48 bits per heavy atom. The molecule has 1 atom stereocenters. The molecule has 0 unspecified atom stereocenters. The van der Waals surface area contributed by atoms with E-state index in [1.807, 2.05) is 27.7 Å². The van der Waals surface area contributed by atoms with Gasteiger partial charge in [-0.2, -0.15) is 20.5 Å². The van der Waals surface area contributed by atoms with Crippen molar-refractivity contribution in [1.82, 2.24) is 20.3 Å². The second-order valence-corrected chi connectivity index (χ2v) is 13.3. The average Bonchev–Trinajstić information content (AvgIpc) is 3.91. The summed E-state index contributed by atoms with van der Waals surface area (Å²) in [6.07, 6.45) is -0.539. The van der Waals surface area contributed by atoms with Crippen molar-refractivity contribution in [2.24, 2.45) is 5.73 Å². The first-order valence-electron chi connectivity index (χ1n) is 17.9. The van der Waals surface area contributed by atoms with Crippen LogP contribution in [0, 0.1) is 22.7 Å². The van der Waals surface area contributed by atoms with E-state index in [1.54, 1.807) is 84.9 Å². The maximum atomic E-state index is 12.6. The van der Waals surface area contributed by atoms with Gasteiger partial charge in [-0.1, -0.05) is 58.8 Å². The number of benzene rings is 4. The van der Waals surface area contributed by atoms with Crippen molar-refractivity contribution in [2.75, 3.05) is 0 Å². The van der Waals surface area contributed by atoms with E-state index in [2.05, 4.69) is 32.4 Å². The van der Waals surface area contributed by atoms with Crippen molar-refractivity contribution in [3.63, 3.8) is 0 Å². The standard InChI is InChI=1S/C42H37N7O8.ClH/c1-24(2)54-35-15-13-30(17-32(35)20-43)40-46-38(48-56-40)28-9-5-26(6-10-28)22-52-37(50)19-34(45)42(51)53-23-27-7-11-29(12-8-27)39-47-41(57-49-39)31-14-16-36(55-25(3)4)33(18-31)21-44;/h5-18,24-25,34H,19,22-23,45H2,1-4H3;1H/t34-;/m0./s1. The normalized spacial score (nSPS) is 11.3. The van der Waals surface area contributed by atoms with Crippen LogP contribution in [0.5, 0.6) is 11.5 Å². The quantitative estimate of drug-likeness (QED) is 0.100. The van der Waals surface area contributed by atoms with Gasteiger partial charge >= 0.3 is 11.9 Å². The fourth-order valence-corrected chi connectivity index (χ4v) is 5.38. The van der Waals surface area contributed by atoms with Crippen molar-refractivity contribution in [1.29, 1.82) is 10.5 Å². The minimum absolute atomic E-state index is 0. The Balaban J connectivity index is 0.00000641. The summed E-state index contributed by atoms with van der Waals surface area (Å²) in [5.74, 6) is 0.674. The molecule has 296 valence electrons. The zero-order valence-electron chi connectivity index (χ0n) is 31.9. The van der Waals surface area contributed by atoms with Crippen molar-refractivity contribution >= 4 is 24.3 Å².